The quantitative estimate of drug-likeness (QED) is 0.299. The number of hydrogen-bond donors (Lipinski definition) is 0. The second-order valence-electron chi connectivity index (χ2n) is 7.97. The van der Waals surface area contributed by atoms with Crippen LogP contribution in [-0.4, -0.2) is 23.8 Å². The van der Waals surface area contributed by atoms with Gasteiger partial charge in [-0.25, -0.2) is 9.79 Å². The minimum Gasteiger partial charge on any atom is -0.496 e. The molecule has 2 heterocycles. The molecule has 1 aliphatic heterocycles. The molecule has 0 amide bonds. The number of hydrogen-bond acceptors (Lipinski definition) is 6. The summed E-state index contributed by atoms with van der Waals surface area (Å²) < 4.78 is 15.2. The minimum atomic E-state index is -0.742. The number of thiazole rings is 1. The number of esters is 1. The van der Waals surface area contributed by atoms with E-state index in [1.165, 1.54) is 11.3 Å². The number of allylic oxidation sites excluding steroid dienone is 1. The molecule has 0 aliphatic carbocycles. The van der Waals surface area contributed by atoms with Gasteiger partial charge in [-0.3, -0.25) is 9.36 Å². The van der Waals surface area contributed by atoms with Crippen LogP contribution in [0.25, 0.3) is 6.08 Å². The van der Waals surface area contributed by atoms with Crippen LogP contribution in [0.2, 0.25) is 0 Å². The van der Waals surface area contributed by atoms with Crippen molar-refractivity contribution in [2.24, 2.45) is 4.99 Å². The molecule has 2 aromatic carbocycles. The Labute approximate surface area is 222 Å². The van der Waals surface area contributed by atoms with Crippen LogP contribution >= 0.6 is 49.9 Å². The molecule has 0 spiro atoms. The predicted octanol–water partition coefficient (Wildman–Crippen LogP) is 4.56. The van der Waals surface area contributed by atoms with Gasteiger partial charge in [-0.2, -0.15) is 0 Å². The highest BCUT2D eigenvalue weighted by Crippen LogP contribution is 2.37. The van der Waals surface area contributed by atoms with Crippen LogP contribution in [0.5, 0.6) is 5.75 Å². The fourth-order valence-electron chi connectivity index (χ4n) is 3.78. The molecule has 0 saturated carbocycles. The van der Waals surface area contributed by atoms with Gasteiger partial charge in [-0.05, 0) is 85.3 Å². The molecule has 1 atom stereocenters. The van der Waals surface area contributed by atoms with Crippen molar-refractivity contribution in [1.82, 2.24) is 4.57 Å². The Morgan fingerprint density at radius 2 is 1.94 bits per heavy atom. The van der Waals surface area contributed by atoms with Crippen molar-refractivity contribution >= 4 is 61.9 Å². The number of ether oxygens (including phenoxy) is 2. The number of rotatable bonds is 5. The lowest BCUT2D eigenvalue weighted by Crippen LogP contribution is -2.40. The molecule has 0 unspecified atom stereocenters. The second kappa shape index (κ2) is 10.2. The molecule has 9 heteroatoms. The lowest BCUT2D eigenvalue weighted by Gasteiger charge is -2.26. The molecular weight excluding hydrogens is 631 g/mol. The van der Waals surface area contributed by atoms with Crippen LogP contribution < -0.4 is 19.6 Å². The fourth-order valence-corrected chi connectivity index (χ4v) is 5.57. The second-order valence-corrected chi connectivity index (χ2v) is 11.1. The molecular formula is C25H22BrIN2O4S. The van der Waals surface area contributed by atoms with E-state index in [0.717, 1.165) is 13.6 Å². The number of methoxy groups -OCH3 is 1. The van der Waals surface area contributed by atoms with E-state index in [1.807, 2.05) is 48.5 Å². The SMILES string of the molecule is COc1ccc(Br)cc1[C@H]1C(C(=O)OC(C)C)=C(C)N=c2s/c(=C\c3ccc(I)cc3)c(=O)n21. The van der Waals surface area contributed by atoms with Crippen LogP contribution in [-0.2, 0) is 9.53 Å². The Morgan fingerprint density at radius 1 is 1.24 bits per heavy atom. The van der Waals surface area contributed by atoms with Gasteiger partial charge in [0.2, 0.25) is 0 Å². The third kappa shape index (κ3) is 4.92. The highest BCUT2D eigenvalue weighted by atomic mass is 127. The number of aromatic nitrogens is 1. The largest absolute Gasteiger partial charge is 0.496 e. The summed E-state index contributed by atoms with van der Waals surface area (Å²) in [6.07, 6.45) is 1.53. The first-order valence-electron chi connectivity index (χ1n) is 10.5. The standard InChI is InChI=1S/C25H22BrIN2O4S/c1-13(2)33-24(31)21-14(3)28-25-29(22(21)18-12-16(26)7-10-19(18)32-4)23(30)20(34-25)11-15-5-8-17(27)9-6-15/h5-13,22H,1-4H3/b20-11-/t22-/m0/s1. The fraction of sp³-hybridized carbons (Fsp3) is 0.240. The van der Waals surface area contributed by atoms with Gasteiger partial charge in [0.1, 0.15) is 11.8 Å². The number of fused-ring (bicyclic) bond motifs is 1. The Morgan fingerprint density at radius 3 is 2.59 bits per heavy atom. The first kappa shape index (κ1) is 24.9. The van der Waals surface area contributed by atoms with E-state index in [-0.39, 0.29) is 11.7 Å². The van der Waals surface area contributed by atoms with Gasteiger partial charge in [0.25, 0.3) is 5.56 Å². The average Bonchev–Trinajstić information content (AvgIpc) is 3.08. The van der Waals surface area contributed by atoms with Crippen molar-refractivity contribution in [3.05, 3.63) is 92.6 Å². The number of halogens is 2. The summed E-state index contributed by atoms with van der Waals surface area (Å²) in [5, 5.41) is 0. The van der Waals surface area contributed by atoms with Crippen molar-refractivity contribution < 1.29 is 14.3 Å². The summed E-state index contributed by atoms with van der Waals surface area (Å²) in [5.41, 5.74) is 2.19. The zero-order chi connectivity index (χ0) is 24.6. The highest BCUT2D eigenvalue weighted by molar-refractivity contribution is 14.1. The molecule has 34 heavy (non-hydrogen) atoms. The van der Waals surface area contributed by atoms with Gasteiger partial charge >= 0.3 is 5.97 Å². The van der Waals surface area contributed by atoms with E-state index in [0.29, 0.717) is 31.9 Å². The van der Waals surface area contributed by atoms with Crippen molar-refractivity contribution in [3.63, 3.8) is 0 Å². The van der Waals surface area contributed by atoms with Crippen LogP contribution in [0.15, 0.2) is 68.0 Å². The van der Waals surface area contributed by atoms with Crippen LogP contribution in [0.1, 0.15) is 37.9 Å². The first-order chi connectivity index (χ1) is 16.2. The number of carbonyl (C=O) groups is 1. The molecule has 3 aromatic rings. The Balaban J connectivity index is 2.00. The smallest absolute Gasteiger partial charge is 0.338 e. The molecule has 1 aliphatic rings. The molecule has 0 radical (unpaired) electrons. The number of carbonyl (C=O) groups excluding carboxylic acids is 1. The topological polar surface area (TPSA) is 69.9 Å². The van der Waals surface area contributed by atoms with Crippen LogP contribution in [0, 0.1) is 3.57 Å². The predicted molar refractivity (Wildman–Crippen MR) is 145 cm³/mol. The molecule has 6 nitrogen and oxygen atoms in total. The Hall–Kier alpha value is -2.24. The first-order valence-corrected chi connectivity index (χ1v) is 13.2. The van der Waals surface area contributed by atoms with Crippen LogP contribution in [0.4, 0.5) is 0 Å². The molecule has 0 fully saturated rings. The maximum Gasteiger partial charge on any atom is 0.338 e. The van der Waals surface area contributed by atoms with Gasteiger partial charge in [0.15, 0.2) is 4.80 Å². The van der Waals surface area contributed by atoms with E-state index in [9.17, 15) is 9.59 Å². The van der Waals surface area contributed by atoms with Crippen molar-refractivity contribution in [2.45, 2.75) is 32.9 Å². The van der Waals surface area contributed by atoms with Crippen molar-refractivity contribution in [1.29, 1.82) is 0 Å². The minimum absolute atomic E-state index is 0.225. The Kier molecular flexibility index (Phi) is 7.44. The Bertz CT molecular complexity index is 1470. The third-order valence-corrected chi connectivity index (χ3v) is 7.43. The van der Waals surface area contributed by atoms with E-state index in [2.05, 4.69) is 43.5 Å². The zero-order valence-electron chi connectivity index (χ0n) is 19.0. The number of benzene rings is 2. The maximum absolute atomic E-state index is 13.7. The summed E-state index contributed by atoms with van der Waals surface area (Å²) in [6, 6.07) is 12.7. The third-order valence-electron chi connectivity index (χ3n) is 5.24. The summed E-state index contributed by atoms with van der Waals surface area (Å²) in [7, 11) is 1.57. The van der Waals surface area contributed by atoms with E-state index < -0.39 is 12.0 Å². The molecule has 176 valence electrons. The number of nitrogens with zero attached hydrogens (tertiary/aromatic N) is 2. The van der Waals surface area contributed by atoms with Crippen LogP contribution in [0.3, 0.4) is 0 Å². The summed E-state index contributed by atoms with van der Waals surface area (Å²) in [5.74, 6) is 0.0557. The molecule has 0 bridgehead atoms. The van der Waals surface area contributed by atoms with Gasteiger partial charge < -0.3 is 9.47 Å². The molecule has 1 aromatic heterocycles. The van der Waals surface area contributed by atoms with Gasteiger partial charge in [0, 0.05) is 13.6 Å². The van der Waals surface area contributed by atoms with E-state index in [4.69, 9.17) is 9.47 Å². The lowest BCUT2D eigenvalue weighted by molar-refractivity contribution is -0.143. The molecule has 4 rings (SSSR count). The van der Waals surface area contributed by atoms with Crippen molar-refractivity contribution in [3.8, 4) is 5.75 Å². The maximum atomic E-state index is 13.7. The summed E-state index contributed by atoms with van der Waals surface area (Å²) >= 11 is 7.06. The lowest BCUT2D eigenvalue weighted by atomic mass is 9.95. The summed E-state index contributed by atoms with van der Waals surface area (Å²) in [4.78, 5) is 32.1. The van der Waals surface area contributed by atoms with E-state index in [1.54, 1.807) is 32.4 Å². The zero-order valence-corrected chi connectivity index (χ0v) is 23.5. The molecule has 0 saturated heterocycles. The van der Waals surface area contributed by atoms with E-state index >= 15 is 0 Å². The van der Waals surface area contributed by atoms with Crippen molar-refractivity contribution in [2.75, 3.05) is 7.11 Å². The normalized spacial score (nSPS) is 15.9. The summed E-state index contributed by atoms with van der Waals surface area (Å²) in [6.45, 7) is 5.35. The monoisotopic (exact) mass is 652 g/mol. The highest BCUT2D eigenvalue weighted by Gasteiger charge is 2.35. The average molecular weight is 653 g/mol. The van der Waals surface area contributed by atoms with Gasteiger partial charge in [-0.15, -0.1) is 0 Å². The van der Waals surface area contributed by atoms with Gasteiger partial charge in [-0.1, -0.05) is 39.4 Å². The molecule has 0 N–H and O–H groups in total. The van der Waals surface area contributed by atoms with Gasteiger partial charge in [0.05, 0.1) is 29.0 Å².